The average Bonchev–Trinajstić information content (AvgIpc) is 3.40. The summed E-state index contributed by atoms with van der Waals surface area (Å²) in [4.78, 5) is 28.4. The van der Waals surface area contributed by atoms with Crippen molar-refractivity contribution in [3.63, 3.8) is 0 Å². The van der Waals surface area contributed by atoms with Gasteiger partial charge in [0.1, 0.15) is 0 Å². The molecule has 1 saturated heterocycles. The minimum Gasteiger partial charge on any atom is -0.481 e. The van der Waals surface area contributed by atoms with Crippen LogP contribution in [0.5, 0.6) is 11.5 Å². The van der Waals surface area contributed by atoms with Crippen LogP contribution in [0.2, 0.25) is 0 Å². The third-order valence-electron chi connectivity index (χ3n) is 6.15. The molecule has 0 bridgehead atoms. The highest BCUT2D eigenvalue weighted by Gasteiger charge is 2.41. The number of nitrogens with zero attached hydrogens (tertiary/aromatic N) is 2. The zero-order valence-electron chi connectivity index (χ0n) is 15.6. The second-order valence-corrected chi connectivity index (χ2v) is 7.82. The van der Waals surface area contributed by atoms with E-state index in [4.69, 9.17) is 9.47 Å². The van der Waals surface area contributed by atoms with E-state index in [1.165, 1.54) is 12.8 Å². The molecule has 2 aliphatic heterocycles. The first-order valence-corrected chi connectivity index (χ1v) is 9.63. The predicted molar refractivity (Wildman–Crippen MR) is 97.9 cm³/mol. The Kier molecular flexibility index (Phi) is 4.95. The lowest BCUT2D eigenvalue weighted by molar-refractivity contribution is -0.141. The van der Waals surface area contributed by atoms with Gasteiger partial charge in [-0.3, -0.25) is 14.5 Å². The summed E-state index contributed by atoms with van der Waals surface area (Å²) < 4.78 is 10.8. The van der Waals surface area contributed by atoms with E-state index in [9.17, 15) is 14.7 Å². The smallest absolute Gasteiger partial charge is 0.308 e. The number of likely N-dealkylation sites (tertiary alicyclic amines) is 1. The highest BCUT2D eigenvalue weighted by molar-refractivity contribution is 5.81. The molecule has 2 heterocycles. The normalized spacial score (nSPS) is 24.7. The van der Waals surface area contributed by atoms with Crippen LogP contribution in [-0.4, -0.2) is 66.3 Å². The van der Waals surface area contributed by atoms with Crippen molar-refractivity contribution >= 4 is 11.9 Å². The van der Waals surface area contributed by atoms with E-state index in [-0.39, 0.29) is 25.2 Å². The molecule has 1 aromatic rings. The van der Waals surface area contributed by atoms with E-state index in [2.05, 4.69) is 4.90 Å². The van der Waals surface area contributed by atoms with Gasteiger partial charge in [-0.1, -0.05) is 18.9 Å². The topological polar surface area (TPSA) is 79.3 Å². The molecule has 27 heavy (non-hydrogen) atoms. The molecule has 1 N–H and O–H groups in total. The predicted octanol–water partition coefficient (Wildman–Crippen LogP) is 1.92. The van der Waals surface area contributed by atoms with E-state index in [1.807, 2.05) is 25.2 Å². The fourth-order valence-corrected chi connectivity index (χ4v) is 4.53. The van der Waals surface area contributed by atoms with Gasteiger partial charge < -0.3 is 19.5 Å². The molecule has 1 aliphatic carbocycles. The quantitative estimate of drug-likeness (QED) is 0.848. The van der Waals surface area contributed by atoms with Crippen LogP contribution >= 0.6 is 0 Å². The van der Waals surface area contributed by atoms with Gasteiger partial charge in [-0.25, -0.2) is 0 Å². The minimum atomic E-state index is -0.864. The van der Waals surface area contributed by atoms with Gasteiger partial charge in [0.2, 0.25) is 12.7 Å². The van der Waals surface area contributed by atoms with Crippen molar-refractivity contribution in [2.45, 2.75) is 37.6 Å². The molecule has 3 aliphatic rings. The summed E-state index contributed by atoms with van der Waals surface area (Å²) in [5.74, 6) is -0.378. The number of carboxylic acids is 1. The molecule has 7 nitrogen and oxygen atoms in total. The summed E-state index contributed by atoms with van der Waals surface area (Å²) in [6, 6.07) is 6.01. The number of carbonyl (C=O) groups excluding carboxylic acids is 1. The number of rotatable bonds is 5. The van der Waals surface area contributed by atoms with Gasteiger partial charge in [0.15, 0.2) is 11.5 Å². The number of carboxylic acid groups (broad SMARTS) is 1. The van der Waals surface area contributed by atoms with Crippen molar-refractivity contribution in [1.82, 2.24) is 9.80 Å². The summed E-state index contributed by atoms with van der Waals surface area (Å²) in [7, 11) is 1.99. The summed E-state index contributed by atoms with van der Waals surface area (Å²) in [6.45, 7) is 1.22. The van der Waals surface area contributed by atoms with Gasteiger partial charge in [0.05, 0.1) is 12.5 Å². The molecule has 2 atom stereocenters. The Morgan fingerprint density at radius 1 is 1.19 bits per heavy atom. The first-order chi connectivity index (χ1) is 13.0. The van der Waals surface area contributed by atoms with Crippen LogP contribution in [0, 0.1) is 5.92 Å². The summed E-state index contributed by atoms with van der Waals surface area (Å²) in [6.07, 6.45) is 4.73. The number of amides is 1. The maximum Gasteiger partial charge on any atom is 0.308 e. The molecule has 2 fully saturated rings. The fourth-order valence-electron chi connectivity index (χ4n) is 4.53. The lowest BCUT2D eigenvalue weighted by Crippen LogP contribution is -2.41. The fraction of sp³-hybridized carbons (Fsp3) is 0.600. The van der Waals surface area contributed by atoms with Crippen LogP contribution in [-0.2, 0) is 9.59 Å². The molecule has 1 saturated carbocycles. The summed E-state index contributed by atoms with van der Waals surface area (Å²) in [5.41, 5.74) is 0.881. The van der Waals surface area contributed by atoms with Gasteiger partial charge in [-0.2, -0.15) is 0 Å². The van der Waals surface area contributed by atoms with Crippen LogP contribution in [0.15, 0.2) is 18.2 Å². The molecule has 1 amide bonds. The van der Waals surface area contributed by atoms with E-state index in [0.29, 0.717) is 30.6 Å². The molecule has 0 spiro atoms. The monoisotopic (exact) mass is 374 g/mol. The second kappa shape index (κ2) is 7.38. The maximum absolute atomic E-state index is 12.8. The molecule has 146 valence electrons. The van der Waals surface area contributed by atoms with E-state index >= 15 is 0 Å². The molecule has 0 unspecified atom stereocenters. The lowest BCUT2D eigenvalue weighted by atomic mass is 9.89. The largest absolute Gasteiger partial charge is 0.481 e. The second-order valence-electron chi connectivity index (χ2n) is 7.82. The molecular weight excluding hydrogens is 348 g/mol. The van der Waals surface area contributed by atoms with Crippen molar-refractivity contribution in [3.8, 4) is 11.5 Å². The van der Waals surface area contributed by atoms with Crippen LogP contribution < -0.4 is 9.47 Å². The molecule has 7 heteroatoms. The van der Waals surface area contributed by atoms with Crippen LogP contribution in [0.4, 0.5) is 0 Å². The van der Waals surface area contributed by atoms with Gasteiger partial charge in [0, 0.05) is 25.0 Å². The Morgan fingerprint density at radius 2 is 1.93 bits per heavy atom. The number of benzene rings is 1. The number of hydrogen-bond donors (Lipinski definition) is 1. The first-order valence-electron chi connectivity index (χ1n) is 9.63. The SMILES string of the molecule is CN(CC(=O)N1C[C@H](C(=O)O)[C@@H](c2ccc3c(c2)OCO3)C1)C1CCCC1. The minimum absolute atomic E-state index is 0.0129. The first kappa shape index (κ1) is 18.1. The van der Waals surface area contributed by atoms with E-state index in [0.717, 1.165) is 18.4 Å². The van der Waals surface area contributed by atoms with Crippen molar-refractivity contribution in [1.29, 1.82) is 0 Å². The number of likely N-dealkylation sites (N-methyl/N-ethyl adjacent to an activating group) is 1. The molecular formula is C20H26N2O5. The third-order valence-corrected chi connectivity index (χ3v) is 6.15. The Bertz CT molecular complexity index is 731. The number of carbonyl (C=O) groups is 2. The Labute approximate surface area is 158 Å². The lowest BCUT2D eigenvalue weighted by Gasteiger charge is -2.26. The van der Waals surface area contributed by atoms with Crippen molar-refractivity contribution in [2.24, 2.45) is 5.92 Å². The number of hydrogen-bond acceptors (Lipinski definition) is 5. The Hall–Kier alpha value is -2.28. The van der Waals surface area contributed by atoms with Crippen LogP contribution in [0.25, 0.3) is 0 Å². The summed E-state index contributed by atoms with van der Waals surface area (Å²) in [5, 5.41) is 9.69. The average molecular weight is 374 g/mol. The third kappa shape index (κ3) is 3.60. The Morgan fingerprint density at radius 3 is 2.67 bits per heavy atom. The van der Waals surface area contributed by atoms with Crippen molar-refractivity contribution < 1.29 is 24.2 Å². The van der Waals surface area contributed by atoms with Gasteiger partial charge in [0.25, 0.3) is 0 Å². The molecule has 0 aromatic heterocycles. The zero-order chi connectivity index (χ0) is 19.0. The van der Waals surface area contributed by atoms with Crippen LogP contribution in [0.1, 0.15) is 37.2 Å². The number of fused-ring (bicyclic) bond motifs is 1. The van der Waals surface area contributed by atoms with Crippen molar-refractivity contribution in [3.05, 3.63) is 23.8 Å². The molecule has 0 radical (unpaired) electrons. The van der Waals surface area contributed by atoms with Gasteiger partial charge in [-0.05, 0) is 37.6 Å². The standard InChI is InChI=1S/C20H26N2O5/c1-21(14-4-2-3-5-14)11-19(23)22-9-15(16(10-22)20(24)25)13-6-7-17-18(8-13)27-12-26-17/h6-8,14-16H,2-5,9-12H2,1H3,(H,24,25)/t15-,16+/m1/s1. The van der Waals surface area contributed by atoms with E-state index in [1.54, 1.807) is 4.90 Å². The van der Waals surface area contributed by atoms with Gasteiger partial charge >= 0.3 is 5.97 Å². The van der Waals surface area contributed by atoms with Crippen LogP contribution in [0.3, 0.4) is 0 Å². The molecule has 4 rings (SSSR count). The Balaban J connectivity index is 1.46. The zero-order valence-corrected chi connectivity index (χ0v) is 15.6. The van der Waals surface area contributed by atoms with Crippen molar-refractivity contribution in [2.75, 3.05) is 33.5 Å². The number of ether oxygens (including phenoxy) is 2. The highest BCUT2D eigenvalue weighted by Crippen LogP contribution is 2.39. The maximum atomic E-state index is 12.8. The highest BCUT2D eigenvalue weighted by atomic mass is 16.7. The molecule has 1 aromatic carbocycles. The van der Waals surface area contributed by atoms with Gasteiger partial charge in [-0.15, -0.1) is 0 Å². The van der Waals surface area contributed by atoms with E-state index < -0.39 is 11.9 Å². The number of aliphatic carboxylic acids is 1. The summed E-state index contributed by atoms with van der Waals surface area (Å²) >= 11 is 0.